The van der Waals surface area contributed by atoms with Gasteiger partial charge in [-0.15, -0.1) is 11.3 Å². The Labute approximate surface area is 211 Å². The van der Waals surface area contributed by atoms with E-state index >= 15 is 0 Å². The highest BCUT2D eigenvalue weighted by Crippen LogP contribution is 2.67. The summed E-state index contributed by atoms with van der Waals surface area (Å²) in [7, 11) is 1.99. The van der Waals surface area contributed by atoms with E-state index in [2.05, 4.69) is 35.6 Å². The topological polar surface area (TPSA) is 75.2 Å². The third-order valence-electron chi connectivity index (χ3n) is 10.2. The third-order valence-corrected chi connectivity index (χ3v) is 10.9. The molecule has 0 bridgehead atoms. The number of pyridine rings is 1. The number of carbonyl (C=O) groups excluding carboxylic acids is 2. The zero-order valence-corrected chi connectivity index (χ0v) is 21.6. The van der Waals surface area contributed by atoms with Gasteiger partial charge >= 0.3 is 0 Å². The molecule has 2 aromatic heterocycles. The smallest absolute Gasteiger partial charge is 0.259 e. The first-order valence-corrected chi connectivity index (χ1v) is 13.8. The Morgan fingerprint density at radius 3 is 2.83 bits per heavy atom. The lowest BCUT2D eigenvalue weighted by Gasteiger charge is -2.60. The maximum atomic E-state index is 12.6. The van der Waals surface area contributed by atoms with E-state index in [0.29, 0.717) is 40.4 Å². The molecule has 3 heterocycles. The fourth-order valence-electron chi connectivity index (χ4n) is 8.39. The third kappa shape index (κ3) is 3.49. The predicted molar refractivity (Wildman–Crippen MR) is 137 cm³/mol. The highest BCUT2D eigenvalue weighted by atomic mass is 32.1. The number of anilines is 1. The van der Waals surface area contributed by atoms with E-state index in [1.807, 2.05) is 18.0 Å². The van der Waals surface area contributed by atoms with Crippen LogP contribution in [0.4, 0.5) is 5.13 Å². The van der Waals surface area contributed by atoms with Crippen molar-refractivity contribution in [3.8, 4) is 0 Å². The van der Waals surface area contributed by atoms with Gasteiger partial charge in [0.15, 0.2) is 5.13 Å². The minimum absolute atomic E-state index is 0.0787. The number of aromatic nitrogens is 2. The standard InChI is InChI=1S/C28H34N4O2S/c1-27-12-10-20-18(6-9-23-28(20,2)13-11-24(33)32(23)3)19(27)7-8-21(27)22-16-35-26(30-22)31-25(34)17-5-4-14-29-15-17/h4-5,11,13-16,18-21,23H,6-10,12H2,1-3H3,(H,30,31,34)/t18-,19-,20-,21+,23+,27-,28+/m0/s1. The minimum atomic E-state index is -0.163. The molecule has 2 amide bonds. The molecule has 35 heavy (non-hydrogen) atoms. The number of likely N-dealkylation sites (N-methyl/N-ethyl adjacent to an activating group) is 1. The van der Waals surface area contributed by atoms with Gasteiger partial charge in [-0.05, 0) is 79.9 Å². The van der Waals surface area contributed by atoms with Gasteiger partial charge in [0.1, 0.15) is 0 Å². The molecule has 0 unspecified atom stereocenters. The fourth-order valence-corrected chi connectivity index (χ4v) is 9.15. The first kappa shape index (κ1) is 22.9. The van der Waals surface area contributed by atoms with Gasteiger partial charge in [0.25, 0.3) is 5.91 Å². The molecule has 2 aromatic rings. The predicted octanol–water partition coefficient (Wildman–Crippen LogP) is 5.51. The van der Waals surface area contributed by atoms with Crippen molar-refractivity contribution >= 4 is 28.3 Å². The fraction of sp³-hybridized carbons (Fsp3) is 0.571. The molecule has 184 valence electrons. The van der Waals surface area contributed by atoms with E-state index < -0.39 is 0 Å². The molecule has 3 saturated carbocycles. The second-order valence-electron chi connectivity index (χ2n) is 11.6. The van der Waals surface area contributed by atoms with Crippen molar-refractivity contribution < 1.29 is 9.59 Å². The summed E-state index contributed by atoms with van der Waals surface area (Å²) in [5, 5.41) is 5.79. The van der Waals surface area contributed by atoms with E-state index in [1.165, 1.54) is 43.4 Å². The lowest BCUT2D eigenvalue weighted by atomic mass is 9.47. The van der Waals surface area contributed by atoms with Gasteiger partial charge in [0, 0.05) is 42.2 Å². The summed E-state index contributed by atoms with van der Waals surface area (Å²) in [4.78, 5) is 35.8. The number of fused-ring (bicyclic) bond motifs is 5. The molecule has 3 aliphatic carbocycles. The second kappa shape index (κ2) is 8.26. The summed E-state index contributed by atoms with van der Waals surface area (Å²) >= 11 is 1.52. The normalized spacial score (nSPS) is 38.0. The van der Waals surface area contributed by atoms with Gasteiger partial charge in [0.2, 0.25) is 5.91 Å². The first-order chi connectivity index (χ1) is 16.8. The van der Waals surface area contributed by atoms with E-state index in [9.17, 15) is 9.59 Å². The van der Waals surface area contributed by atoms with Gasteiger partial charge in [-0.3, -0.25) is 19.9 Å². The summed E-state index contributed by atoms with van der Waals surface area (Å²) in [6.07, 6.45) is 14.5. The summed E-state index contributed by atoms with van der Waals surface area (Å²) in [6, 6.07) is 3.86. The molecule has 0 spiro atoms. The van der Waals surface area contributed by atoms with Crippen LogP contribution in [-0.4, -0.2) is 39.8 Å². The Balaban J connectivity index is 1.21. The highest BCUT2D eigenvalue weighted by Gasteiger charge is 2.60. The molecule has 0 saturated heterocycles. The Hall–Kier alpha value is -2.54. The first-order valence-electron chi connectivity index (χ1n) is 12.9. The number of carbonyl (C=O) groups is 2. The van der Waals surface area contributed by atoms with Crippen LogP contribution < -0.4 is 5.32 Å². The summed E-state index contributed by atoms with van der Waals surface area (Å²) < 4.78 is 0. The number of nitrogens with one attached hydrogen (secondary N) is 1. The van der Waals surface area contributed by atoms with Crippen LogP contribution >= 0.6 is 11.3 Å². The number of rotatable bonds is 3. The average molecular weight is 491 g/mol. The molecule has 0 radical (unpaired) electrons. The van der Waals surface area contributed by atoms with Crippen LogP contribution in [0.25, 0.3) is 0 Å². The molecule has 4 aliphatic rings. The maximum absolute atomic E-state index is 12.6. The molecule has 6 nitrogen and oxygen atoms in total. The van der Waals surface area contributed by atoms with Gasteiger partial charge < -0.3 is 4.90 Å². The number of hydrogen-bond donors (Lipinski definition) is 1. The van der Waals surface area contributed by atoms with Crippen molar-refractivity contribution in [2.75, 3.05) is 12.4 Å². The summed E-state index contributed by atoms with van der Waals surface area (Å²) in [5.41, 5.74) is 2.00. The van der Waals surface area contributed by atoms with E-state index in [4.69, 9.17) is 4.98 Å². The van der Waals surface area contributed by atoms with Crippen molar-refractivity contribution in [1.82, 2.24) is 14.9 Å². The Morgan fingerprint density at radius 1 is 1.17 bits per heavy atom. The van der Waals surface area contributed by atoms with Crippen molar-refractivity contribution in [3.63, 3.8) is 0 Å². The Kier molecular flexibility index (Phi) is 5.40. The number of hydrogen-bond acceptors (Lipinski definition) is 5. The zero-order valence-electron chi connectivity index (χ0n) is 20.7. The highest BCUT2D eigenvalue weighted by molar-refractivity contribution is 7.14. The molecule has 6 rings (SSSR count). The molecule has 7 heteroatoms. The number of thiazole rings is 1. The molecule has 0 aromatic carbocycles. The van der Waals surface area contributed by atoms with Crippen molar-refractivity contribution in [2.45, 2.75) is 64.3 Å². The van der Waals surface area contributed by atoms with Crippen molar-refractivity contribution in [1.29, 1.82) is 0 Å². The van der Waals surface area contributed by atoms with Gasteiger partial charge in [-0.25, -0.2) is 4.98 Å². The van der Waals surface area contributed by atoms with Crippen LogP contribution in [0.2, 0.25) is 0 Å². The lowest BCUT2D eigenvalue weighted by Crippen LogP contribution is -2.59. The van der Waals surface area contributed by atoms with Gasteiger partial charge in [0.05, 0.1) is 11.3 Å². The summed E-state index contributed by atoms with van der Waals surface area (Å²) in [5.74, 6) is 2.46. The molecule has 3 fully saturated rings. The van der Waals surface area contributed by atoms with E-state index in [0.717, 1.165) is 12.1 Å². The molecular weight excluding hydrogens is 456 g/mol. The van der Waals surface area contributed by atoms with E-state index in [1.54, 1.807) is 24.5 Å². The largest absolute Gasteiger partial charge is 0.338 e. The van der Waals surface area contributed by atoms with Crippen LogP contribution in [-0.2, 0) is 4.79 Å². The van der Waals surface area contributed by atoms with Gasteiger partial charge in [-0.2, -0.15) is 0 Å². The molecule has 1 N–H and O–H groups in total. The van der Waals surface area contributed by atoms with Crippen LogP contribution in [0.3, 0.4) is 0 Å². The second-order valence-corrected chi connectivity index (χ2v) is 12.4. The van der Waals surface area contributed by atoms with Crippen molar-refractivity contribution in [2.24, 2.45) is 28.6 Å². The minimum Gasteiger partial charge on any atom is -0.338 e. The quantitative estimate of drug-likeness (QED) is 0.615. The Bertz CT molecular complexity index is 1180. The number of nitrogens with zero attached hydrogens (tertiary/aromatic N) is 3. The monoisotopic (exact) mass is 490 g/mol. The van der Waals surface area contributed by atoms with Crippen LogP contribution in [0, 0.1) is 28.6 Å². The van der Waals surface area contributed by atoms with Crippen LogP contribution in [0.15, 0.2) is 42.1 Å². The SMILES string of the molecule is CN1C(=O)C=C[C@]2(C)[C@H]3CC[C@]4(C)[C@@H](c5csc(NC(=O)c6cccnc6)n5)CC[C@H]4[C@@H]3CC[C@@H]12. The molecular formula is C28H34N4O2S. The van der Waals surface area contributed by atoms with Crippen LogP contribution in [0.5, 0.6) is 0 Å². The zero-order chi connectivity index (χ0) is 24.4. The van der Waals surface area contributed by atoms with Crippen molar-refractivity contribution in [3.05, 3.63) is 53.3 Å². The average Bonchev–Trinajstić information content (AvgIpc) is 3.45. The Morgan fingerprint density at radius 2 is 2.03 bits per heavy atom. The number of amides is 2. The lowest BCUT2D eigenvalue weighted by molar-refractivity contribution is -0.138. The maximum Gasteiger partial charge on any atom is 0.259 e. The van der Waals surface area contributed by atoms with Crippen LogP contribution in [0.1, 0.15) is 74.3 Å². The molecule has 7 atom stereocenters. The van der Waals surface area contributed by atoms with E-state index in [-0.39, 0.29) is 22.6 Å². The molecule has 1 aliphatic heterocycles. The van der Waals surface area contributed by atoms with Gasteiger partial charge in [-0.1, -0.05) is 19.9 Å². The summed E-state index contributed by atoms with van der Waals surface area (Å²) in [6.45, 7) is 4.90.